The summed E-state index contributed by atoms with van der Waals surface area (Å²) in [5, 5.41) is 2.59. The first-order chi connectivity index (χ1) is 12.4. The van der Waals surface area contributed by atoms with Crippen LogP contribution < -0.4 is 5.32 Å². The number of amides is 1. The molecule has 6 heteroatoms. The van der Waals surface area contributed by atoms with Crippen molar-refractivity contribution in [3.63, 3.8) is 0 Å². The zero-order valence-corrected chi connectivity index (χ0v) is 14.7. The zero-order chi connectivity index (χ0) is 19.0. The van der Waals surface area contributed by atoms with E-state index in [9.17, 15) is 18.0 Å². The molecule has 1 fully saturated rings. The van der Waals surface area contributed by atoms with Crippen molar-refractivity contribution in [3.05, 3.63) is 59.9 Å². The fourth-order valence-electron chi connectivity index (χ4n) is 2.83. The monoisotopic (exact) mass is 364 g/mol. The molecule has 0 aliphatic heterocycles. The number of aromatic nitrogens is 1. The molecule has 3 nitrogen and oxygen atoms in total. The van der Waals surface area contributed by atoms with E-state index in [1.807, 2.05) is 25.1 Å². The highest BCUT2D eigenvalue weighted by Crippen LogP contribution is 2.31. The first-order valence-corrected chi connectivity index (χ1v) is 8.72. The first kappa shape index (κ1) is 19.9. The Labute approximate surface area is 151 Å². The number of benzene rings is 1. The summed E-state index contributed by atoms with van der Waals surface area (Å²) < 4.78 is 37.6. The Morgan fingerprint density at radius 2 is 1.81 bits per heavy atom. The van der Waals surface area contributed by atoms with Crippen molar-refractivity contribution >= 4 is 11.6 Å². The number of halogens is 3. The van der Waals surface area contributed by atoms with Crippen LogP contribution in [-0.4, -0.2) is 10.9 Å². The summed E-state index contributed by atoms with van der Waals surface area (Å²) in [5.41, 5.74) is 0.543. The quantitative estimate of drug-likeness (QED) is 0.752. The number of anilines is 1. The van der Waals surface area contributed by atoms with Crippen LogP contribution in [0.3, 0.4) is 0 Å². The minimum Gasteiger partial charge on any atom is -0.326 e. The Kier molecular flexibility index (Phi) is 7.18. The van der Waals surface area contributed by atoms with E-state index in [2.05, 4.69) is 10.3 Å². The van der Waals surface area contributed by atoms with Crippen molar-refractivity contribution in [2.24, 2.45) is 5.92 Å². The number of nitrogens with one attached hydrogen (secondary N) is 1. The van der Waals surface area contributed by atoms with Gasteiger partial charge in [0.25, 0.3) is 0 Å². The lowest BCUT2D eigenvalue weighted by molar-refractivity contribution is -0.137. The third-order valence-electron chi connectivity index (χ3n) is 4.25. The van der Waals surface area contributed by atoms with Gasteiger partial charge in [0, 0.05) is 23.5 Å². The van der Waals surface area contributed by atoms with Crippen molar-refractivity contribution in [1.82, 2.24) is 4.98 Å². The van der Waals surface area contributed by atoms with E-state index >= 15 is 0 Å². The number of rotatable bonds is 2. The second-order valence-electron chi connectivity index (χ2n) is 6.37. The van der Waals surface area contributed by atoms with Crippen LogP contribution in [0.2, 0.25) is 0 Å². The maximum absolute atomic E-state index is 12.5. The molecule has 0 radical (unpaired) electrons. The molecule has 3 rings (SSSR count). The van der Waals surface area contributed by atoms with Crippen molar-refractivity contribution in [1.29, 1.82) is 0 Å². The molecule has 0 atom stereocenters. The maximum Gasteiger partial charge on any atom is 0.416 e. The van der Waals surface area contributed by atoms with Crippen LogP contribution in [0.25, 0.3) is 0 Å². The lowest BCUT2D eigenvalue weighted by Gasteiger charge is -2.21. The maximum atomic E-state index is 12.5. The Bertz CT molecular complexity index is 696. The number of hydrogen-bond donors (Lipinski definition) is 1. The fraction of sp³-hybridized carbons (Fsp3) is 0.400. The summed E-state index contributed by atoms with van der Waals surface area (Å²) in [6.07, 6.45) is 2.21. The van der Waals surface area contributed by atoms with E-state index in [1.165, 1.54) is 12.1 Å². The molecule has 1 amide bonds. The molecular weight excluding hydrogens is 341 g/mol. The summed E-state index contributed by atoms with van der Waals surface area (Å²) in [6.45, 7) is 1.97. The molecule has 26 heavy (non-hydrogen) atoms. The number of nitrogens with zero attached hydrogens (tertiary/aromatic N) is 1. The number of carbonyl (C=O) groups excluding carboxylic acids is 1. The predicted molar refractivity (Wildman–Crippen MR) is 95.6 cm³/mol. The summed E-state index contributed by atoms with van der Waals surface area (Å²) in [7, 11) is 0. The topological polar surface area (TPSA) is 42.0 Å². The minimum atomic E-state index is -4.38. The largest absolute Gasteiger partial charge is 0.416 e. The lowest BCUT2D eigenvalue weighted by Crippen LogP contribution is -2.24. The summed E-state index contributed by atoms with van der Waals surface area (Å²) in [6, 6.07) is 10.6. The van der Waals surface area contributed by atoms with Crippen LogP contribution in [0.1, 0.15) is 43.4 Å². The summed E-state index contributed by atoms with van der Waals surface area (Å²) >= 11 is 0. The normalized spacial score (nSPS) is 14.9. The van der Waals surface area contributed by atoms with Gasteiger partial charge in [-0.25, -0.2) is 0 Å². The average Bonchev–Trinajstić information content (AvgIpc) is 2.63. The number of pyridine rings is 1. The molecule has 0 saturated heterocycles. The third kappa shape index (κ3) is 6.50. The van der Waals surface area contributed by atoms with E-state index in [-0.39, 0.29) is 17.5 Å². The van der Waals surface area contributed by atoms with E-state index in [4.69, 9.17) is 0 Å². The number of alkyl halides is 3. The van der Waals surface area contributed by atoms with E-state index < -0.39 is 11.7 Å². The first-order valence-electron chi connectivity index (χ1n) is 8.72. The molecule has 1 aliphatic carbocycles. The molecule has 1 aliphatic rings. The molecule has 0 spiro atoms. The van der Waals surface area contributed by atoms with Crippen molar-refractivity contribution in [3.8, 4) is 0 Å². The molecule has 1 aromatic carbocycles. The molecule has 1 saturated carbocycles. The Morgan fingerprint density at radius 3 is 2.35 bits per heavy atom. The van der Waals surface area contributed by atoms with Gasteiger partial charge in [-0.15, -0.1) is 0 Å². The number of aryl methyl sites for hydroxylation is 1. The van der Waals surface area contributed by atoms with Gasteiger partial charge in [0.05, 0.1) is 5.56 Å². The number of hydrogen-bond acceptors (Lipinski definition) is 2. The second kappa shape index (κ2) is 9.36. The van der Waals surface area contributed by atoms with Crippen molar-refractivity contribution < 1.29 is 18.0 Å². The molecule has 2 aromatic rings. The van der Waals surface area contributed by atoms with Gasteiger partial charge in [-0.05, 0) is 50.1 Å². The van der Waals surface area contributed by atoms with Gasteiger partial charge in [0.15, 0.2) is 0 Å². The third-order valence-corrected chi connectivity index (χ3v) is 4.25. The Morgan fingerprint density at radius 1 is 1.08 bits per heavy atom. The highest BCUT2D eigenvalue weighted by atomic mass is 19.4. The van der Waals surface area contributed by atoms with E-state index in [1.54, 1.807) is 6.20 Å². The van der Waals surface area contributed by atoms with Crippen LogP contribution in [0.4, 0.5) is 18.9 Å². The van der Waals surface area contributed by atoms with Crippen LogP contribution >= 0.6 is 0 Å². The standard InChI is InChI=1S/C14H16F3NO.C6H7N/c15-14(16,17)11-7-4-8-12(9-11)18-13(19)10-5-2-1-3-6-10;1-6-4-2-3-5-7-6/h4,7-10H,1-3,5-6H2,(H,18,19);2-5H,1H3. The predicted octanol–water partition coefficient (Wildman–Crippen LogP) is 5.61. The van der Waals surface area contributed by atoms with Crippen molar-refractivity contribution in [2.75, 3.05) is 5.32 Å². The van der Waals surface area contributed by atoms with Gasteiger partial charge in [0.1, 0.15) is 0 Å². The fourth-order valence-corrected chi connectivity index (χ4v) is 2.83. The van der Waals surface area contributed by atoms with E-state index in [0.717, 1.165) is 49.9 Å². The van der Waals surface area contributed by atoms with Gasteiger partial charge in [-0.2, -0.15) is 13.2 Å². The highest BCUT2D eigenvalue weighted by Gasteiger charge is 2.30. The molecule has 1 aromatic heterocycles. The lowest BCUT2D eigenvalue weighted by atomic mass is 9.88. The van der Waals surface area contributed by atoms with Gasteiger partial charge >= 0.3 is 6.18 Å². The Balaban J connectivity index is 0.000000290. The van der Waals surface area contributed by atoms with Crippen LogP contribution in [0, 0.1) is 12.8 Å². The molecule has 0 unspecified atom stereocenters. The molecular formula is C20H23F3N2O. The van der Waals surface area contributed by atoms with Gasteiger partial charge in [-0.1, -0.05) is 31.4 Å². The molecule has 1 heterocycles. The van der Waals surface area contributed by atoms with Gasteiger partial charge < -0.3 is 5.32 Å². The Hall–Kier alpha value is -2.37. The summed E-state index contributed by atoms with van der Waals surface area (Å²) in [4.78, 5) is 15.9. The zero-order valence-electron chi connectivity index (χ0n) is 14.7. The van der Waals surface area contributed by atoms with Crippen LogP contribution in [0.5, 0.6) is 0 Å². The van der Waals surface area contributed by atoms with Crippen LogP contribution in [-0.2, 0) is 11.0 Å². The SMILES string of the molecule is Cc1ccccn1.O=C(Nc1cccc(C(F)(F)F)c1)C1CCCCC1. The molecule has 1 N–H and O–H groups in total. The van der Waals surface area contributed by atoms with Crippen molar-refractivity contribution in [2.45, 2.75) is 45.2 Å². The van der Waals surface area contributed by atoms with Gasteiger partial charge in [-0.3, -0.25) is 9.78 Å². The van der Waals surface area contributed by atoms with E-state index in [0.29, 0.717) is 0 Å². The molecule has 0 bridgehead atoms. The minimum absolute atomic E-state index is 0.0664. The van der Waals surface area contributed by atoms with Crippen LogP contribution in [0.15, 0.2) is 48.7 Å². The second-order valence-corrected chi connectivity index (χ2v) is 6.37. The highest BCUT2D eigenvalue weighted by molar-refractivity contribution is 5.92. The smallest absolute Gasteiger partial charge is 0.326 e. The number of carbonyl (C=O) groups is 1. The van der Waals surface area contributed by atoms with Gasteiger partial charge in [0.2, 0.25) is 5.91 Å². The summed E-state index contributed by atoms with van der Waals surface area (Å²) in [5.74, 6) is -0.234. The average molecular weight is 364 g/mol. The molecule has 140 valence electrons.